The van der Waals surface area contributed by atoms with Crippen molar-refractivity contribution in [2.75, 3.05) is 25.0 Å². The molecule has 3 rings (SSSR count). The molecule has 1 aliphatic rings. The summed E-state index contributed by atoms with van der Waals surface area (Å²) in [6.45, 7) is 0.0604. The number of para-hydroxylation sites is 1. The molecule has 2 aromatic rings. The van der Waals surface area contributed by atoms with Crippen molar-refractivity contribution < 1.29 is 31.9 Å². The largest absolute Gasteiger partial charge is 0.452 e. The van der Waals surface area contributed by atoms with Gasteiger partial charge in [-0.25, -0.2) is 22.4 Å². The van der Waals surface area contributed by atoms with Gasteiger partial charge < -0.3 is 10.1 Å². The normalized spacial score (nSPS) is 14.7. The van der Waals surface area contributed by atoms with Gasteiger partial charge >= 0.3 is 12.0 Å². The zero-order valence-corrected chi connectivity index (χ0v) is 18.6. The van der Waals surface area contributed by atoms with Crippen LogP contribution in [0.3, 0.4) is 0 Å². The first kappa shape index (κ1) is 24.3. The highest BCUT2D eigenvalue weighted by Gasteiger charge is 2.26. The van der Waals surface area contributed by atoms with Gasteiger partial charge in [-0.15, -0.1) is 0 Å². The number of benzene rings is 2. The zero-order valence-electron chi connectivity index (χ0n) is 17.8. The number of nitrogens with one attached hydrogen (secondary N) is 2. The van der Waals surface area contributed by atoms with E-state index in [-0.39, 0.29) is 16.1 Å². The second kappa shape index (κ2) is 11.0. The van der Waals surface area contributed by atoms with E-state index in [0.29, 0.717) is 13.1 Å². The van der Waals surface area contributed by atoms with Gasteiger partial charge in [-0.05, 0) is 43.2 Å². The monoisotopic (exact) mass is 477 g/mol. The summed E-state index contributed by atoms with van der Waals surface area (Å²) in [5.74, 6) is -2.54. The van der Waals surface area contributed by atoms with Crippen LogP contribution in [0.15, 0.2) is 53.4 Å². The molecule has 0 saturated carbocycles. The van der Waals surface area contributed by atoms with Crippen LogP contribution in [0.2, 0.25) is 0 Å². The number of carbonyl (C=O) groups excluding carboxylic acids is 3. The van der Waals surface area contributed by atoms with Crippen LogP contribution >= 0.6 is 0 Å². The molecule has 1 aliphatic heterocycles. The molecule has 0 atom stereocenters. The number of hydrogen-bond acceptors (Lipinski definition) is 6. The Balaban J connectivity index is 1.56. The van der Waals surface area contributed by atoms with Crippen LogP contribution in [0.5, 0.6) is 0 Å². The Hall–Kier alpha value is -3.31. The smallest absolute Gasteiger partial charge is 0.338 e. The van der Waals surface area contributed by atoms with E-state index in [1.54, 1.807) is 0 Å². The highest BCUT2D eigenvalue weighted by molar-refractivity contribution is 7.89. The molecule has 9 nitrogen and oxygen atoms in total. The zero-order chi connectivity index (χ0) is 23.8. The van der Waals surface area contributed by atoms with Crippen molar-refractivity contribution in [3.63, 3.8) is 0 Å². The Morgan fingerprint density at radius 3 is 2.36 bits per heavy atom. The van der Waals surface area contributed by atoms with E-state index in [0.717, 1.165) is 31.7 Å². The summed E-state index contributed by atoms with van der Waals surface area (Å²) in [5, 5.41) is 4.07. The summed E-state index contributed by atoms with van der Waals surface area (Å²) in [6.07, 6.45) is 3.50. The molecule has 0 aliphatic carbocycles. The van der Waals surface area contributed by atoms with Crippen molar-refractivity contribution >= 4 is 33.6 Å². The fourth-order valence-electron chi connectivity index (χ4n) is 3.31. The molecule has 1 saturated heterocycles. The summed E-state index contributed by atoms with van der Waals surface area (Å²) in [6, 6.07) is 9.79. The maximum absolute atomic E-state index is 13.5. The Labute approximate surface area is 191 Å². The second-order valence-electron chi connectivity index (χ2n) is 7.40. The Kier molecular flexibility index (Phi) is 8.12. The van der Waals surface area contributed by atoms with Gasteiger partial charge in [-0.2, -0.15) is 4.31 Å². The number of imide groups is 1. The van der Waals surface area contributed by atoms with Crippen molar-refractivity contribution in [1.82, 2.24) is 9.62 Å². The number of sulfonamides is 1. The molecule has 0 bridgehead atoms. The Morgan fingerprint density at radius 2 is 1.67 bits per heavy atom. The minimum absolute atomic E-state index is 0.0347. The maximum atomic E-state index is 13.5. The molecule has 2 N–H and O–H groups in total. The standard InChI is InChI=1S/C22H24FN3O6S/c23-18-10-3-4-11-19(18)24-22(29)25-20(27)15-32-21(28)16-8-7-9-17(14-16)33(30,31)26-12-5-1-2-6-13-26/h3-4,7-11,14H,1-2,5-6,12-13,15H2,(H2,24,25,27,29). The van der Waals surface area contributed by atoms with Crippen molar-refractivity contribution in [3.05, 3.63) is 59.9 Å². The second-order valence-corrected chi connectivity index (χ2v) is 9.34. The lowest BCUT2D eigenvalue weighted by atomic mass is 10.2. The Bertz CT molecular complexity index is 1130. The van der Waals surface area contributed by atoms with Crippen LogP contribution in [0.4, 0.5) is 14.9 Å². The average molecular weight is 478 g/mol. The molecule has 33 heavy (non-hydrogen) atoms. The van der Waals surface area contributed by atoms with Crippen molar-refractivity contribution in [1.29, 1.82) is 0 Å². The van der Waals surface area contributed by atoms with Crippen LogP contribution in [0.1, 0.15) is 36.0 Å². The summed E-state index contributed by atoms with van der Waals surface area (Å²) in [4.78, 5) is 36.0. The summed E-state index contributed by atoms with van der Waals surface area (Å²) in [7, 11) is -3.76. The molecule has 0 radical (unpaired) electrons. The predicted molar refractivity (Wildman–Crippen MR) is 118 cm³/mol. The molecular formula is C22H24FN3O6S. The summed E-state index contributed by atoms with van der Waals surface area (Å²) < 4.78 is 45.7. The SMILES string of the molecule is O=C(COC(=O)c1cccc(S(=O)(=O)N2CCCCCC2)c1)NC(=O)Nc1ccccc1F. The number of halogens is 1. The number of urea groups is 1. The third-order valence-electron chi connectivity index (χ3n) is 4.98. The Morgan fingerprint density at radius 1 is 0.970 bits per heavy atom. The van der Waals surface area contributed by atoms with E-state index >= 15 is 0 Å². The molecule has 2 aromatic carbocycles. The molecule has 176 valence electrons. The number of ether oxygens (including phenoxy) is 1. The van der Waals surface area contributed by atoms with E-state index in [9.17, 15) is 27.2 Å². The van der Waals surface area contributed by atoms with E-state index < -0.39 is 40.4 Å². The molecule has 0 aromatic heterocycles. The van der Waals surface area contributed by atoms with Crippen LogP contribution in [0.25, 0.3) is 0 Å². The number of nitrogens with zero attached hydrogens (tertiary/aromatic N) is 1. The lowest BCUT2D eigenvalue weighted by molar-refractivity contribution is -0.123. The fraction of sp³-hybridized carbons (Fsp3) is 0.318. The fourth-order valence-corrected chi connectivity index (χ4v) is 4.87. The molecule has 3 amide bonds. The summed E-state index contributed by atoms with van der Waals surface area (Å²) >= 11 is 0. The van der Waals surface area contributed by atoms with Gasteiger partial charge in [0.25, 0.3) is 5.91 Å². The number of anilines is 1. The van der Waals surface area contributed by atoms with Crippen LogP contribution in [-0.2, 0) is 19.6 Å². The van der Waals surface area contributed by atoms with E-state index in [4.69, 9.17) is 4.74 Å². The first-order chi connectivity index (χ1) is 15.8. The molecule has 1 heterocycles. The van der Waals surface area contributed by atoms with E-state index in [1.807, 2.05) is 5.32 Å². The highest BCUT2D eigenvalue weighted by atomic mass is 32.2. The number of rotatable bonds is 6. The van der Waals surface area contributed by atoms with Gasteiger partial charge in [0.1, 0.15) is 5.82 Å². The molecular weight excluding hydrogens is 453 g/mol. The van der Waals surface area contributed by atoms with Gasteiger partial charge in [0.15, 0.2) is 6.61 Å². The first-order valence-electron chi connectivity index (χ1n) is 10.4. The van der Waals surface area contributed by atoms with Crippen LogP contribution in [-0.4, -0.2) is 50.3 Å². The van der Waals surface area contributed by atoms with Crippen LogP contribution in [0, 0.1) is 5.82 Å². The molecule has 0 unspecified atom stereocenters. The first-order valence-corrected chi connectivity index (χ1v) is 11.8. The molecule has 0 spiro atoms. The number of carbonyl (C=O) groups is 3. The maximum Gasteiger partial charge on any atom is 0.338 e. The van der Waals surface area contributed by atoms with Gasteiger partial charge in [-0.1, -0.05) is 31.0 Å². The molecule has 11 heteroatoms. The topological polar surface area (TPSA) is 122 Å². The van der Waals surface area contributed by atoms with E-state index in [1.165, 1.54) is 46.8 Å². The van der Waals surface area contributed by atoms with Crippen molar-refractivity contribution in [3.8, 4) is 0 Å². The van der Waals surface area contributed by atoms with Gasteiger partial charge in [0.05, 0.1) is 16.1 Å². The number of hydrogen-bond donors (Lipinski definition) is 2. The minimum atomic E-state index is -3.76. The predicted octanol–water partition coefficient (Wildman–Crippen LogP) is 2.90. The van der Waals surface area contributed by atoms with Crippen molar-refractivity contribution in [2.45, 2.75) is 30.6 Å². The van der Waals surface area contributed by atoms with Gasteiger partial charge in [-0.3, -0.25) is 10.1 Å². The lowest BCUT2D eigenvalue weighted by Crippen LogP contribution is -2.37. The third-order valence-corrected chi connectivity index (χ3v) is 6.88. The number of amides is 3. The van der Waals surface area contributed by atoms with Crippen molar-refractivity contribution in [2.24, 2.45) is 0 Å². The van der Waals surface area contributed by atoms with Gasteiger partial charge in [0, 0.05) is 13.1 Å². The average Bonchev–Trinajstić information content (AvgIpc) is 3.09. The quantitative estimate of drug-likeness (QED) is 0.617. The van der Waals surface area contributed by atoms with Gasteiger partial charge in [0.2, 0.25) is 10.0 Å². The molecule has 1 fully saturated rings. The van der Waals surface area contributed by atoms with E-state index in [2.05, 4.69) is 5.32 Å². The highest BCUT2D eigenvalue weighted by Crippen LogP contribution is 2.21. The van der Waals surface area contributed by atoms with Crippen LogP contribution < -0.4 is 10.6 Å². The number of esters is 1. The minimum Gasteiger partial charge on any atom is -0.452 e. The summed E-state index contributed by atoms with van der Waals surface area (Å²) in [5.41, 5.74) is -0.170. The third kappa shape index (κ3) is 6.59. The lowest BCUT2D eigenvalue weighted by Gasteiger charge is -2.20.